The van der Waals surface area contributed by atoms with Gasteiger partial charge in [-0.3, -0.25) is 9.59 Å². The SMILES string of the molecule is CC1CCN(c2ccc(NC(=O)C3(C(=O)Nc4ccccc4)CC3)cc2)CC1. The number of benzene rings is 2. The van der Waals surface area contributed by atoms with Crippen LogP contribution in [0.15, 0.2) is 54.6 Å². The molecule has 0 spiro atoms. The first-order valence-electron chi connectivity index (χ1n) is 10.1. The lowest BCUT2D eigenvalue weighted by Gasteiger charge is -2.32. The van der Waals surface area contributed by atoms with Gasteiger partial charge < -0.3 is 15.5 Å². The van der Waals surface area contributed by atoms with Crippen LogP contribution < -0.4 is 15.5 Å². The molecule has 2 aliphatic rings. The largest absolute Gasteiger partial charge is 0.372 e. The first-order chi connectivity index (χ1) is 13.6. The second-order valence-corrected chi connectivity index (χ2v) is 8.07. The molecule has 28 heavy (non-hydrogen) atoms. The predicted octanol–water partition coefficient (Wildman–Crippen LogP) is 4.28. The van der Waals surface area contributed by atoms with E-state index in [0.29, 0.717) is 18.5 Å². The monoisotopic (exact) mass is 377 g/mol. The number of hydrogen-bond acceptors (Lipinski definition) is 3. The summed E-state index contributed by atoms with van der Waals surface area (Å²) in [5, 5.41) is 5.79. The molecule has 5 nitrogen and oxygen atoms in total. The fourth-order valence-corrected chi connectivity index (χ4v) is 3.73. The van der Waals surface area contributed by atoms with Gasteiger partial charge in [-0.2, -0.15) is 0 Å². The Morgan fingerprint density at radius 1 is 0.857 bits per heavy atom. The van der Waals surface area contributed by atoms with E-state index in [1.54, 1.807) is 0 Å². The predicted molar refractivity (Wildman–Crippen MR) is 112 cm³/mol. The molecule has 1 aliphatic heterocycles. The fraction of sp³-hybridized carbons (Fsp3) is 0.391. The summed E-state index contributed by atoms with van der Waals surface area (Å²) in [7, 11) is 0. The Bertz CT molecular complexity index is 836. The van der Waals surface area contributed by atoms with Crippen LogP contribution in [0.2, 0.25) is 0 Å². The van der Waals surface area contributed by atoms with E-state index in [2.05, 4.69) is 34.6 Å². The van der Waals surface area contributed by atoms with Crippen LogP contribution >= 0.6 is 0 Å². The Labute approximate surface area is 166 Å². The maximum Gasteiger partial charge on any atom is 0.240 e. The zero-order chi connectivity index (χ0) is 19.6. The van der Waals surface area contributed by atoms with E-state index < -0.39 is 5.41 Å². The van der Waals surface area contributed by atoms with E-state index in [4.69, 9.17) is 0 Å². The maximum absolute atomic E-state index is 12.8. The van der Waals surface area contributed by atoms with Crippen LogP contribution in [0.3, 0.4) is 0 Å². The highest BCUT2D eigenvalue weighted by molar-refractivity contribution is 6.16. The molecule has 1 saturated heterocycles. The number of hydrogen-bond donors (Lipinski definition) is 2. The fourth-order valence-electron chi connectivity index (χ4n) is 3.73. The molecule has 1 heterocycles. The molecule has 2 N–H and O–H groups in total. The zero-order valence-electron chi connectivity index (χ0n) is 16.3. The molecule has 0 radical (unpaired) electrons. The lowest BCUT2D eigenvalue weighted by molar-refractivity contribution is -0.131. The number of para-hydroxylation sites is 1. The zero-order valence-corrected chi connectivity index (χ0v) is 16.3. The molecular weight excluding hydrogens is 350 g/mol. The molecule has 5 heteroatoms. The van der Waals surface area contributed by atoms with E-state index in [0.717, 1.165) is 24.7 Å². The van der Waals surface area contributed by atoms with Gasteiger partial charge in [0, 0.05) is 30.2 Å². The van der Waals surface area contributed by atoms with Crippen molar-refractivity contribution >= 4 is 28.9 Å². The van der Waals surface area contributed by atoms with E-state index in [-0.39, 0.29) is 11.8 Å². The van der Waals surface area contributed by atoms with E-state index in [1.807, 2.05) is 42.5 Å². The molecule has 0 bridgehead atoms. The minimum atomic E-state index is -0.947. The third-order valence-corrected chi connectivity index (χ3v) is 5.92. The summed E-state index contributed by atoms with van der Waals surface area (Å²) in [6, 6.07) is 17.2. The number of amides is 2. The van der Waals surface area contributed by atoms with E-state index in [1.165, 1.54) is 18.5 Å². The van der Waals surface area contributed by atoms with Gasteiger partial charge in [0.15, 0.2) is 0 Å². The number of nitrogens with one attached hydrogen (secondary N) is 2. The quantitative estimate of drug-likeness (QED) is 0.765. The van der Waals surface area contributed by atoms with Crippen LogP contribution in [-0.4, -0.2) is 24.9 Å². The summed E-state index contributed by atoms with van der Waals surface area (Å²) in [6.45, 7) is 4.46. The number of anilines is 3. The van der Waals surface area contributed by atoms with Crippen molar-refractivity contribution in [2.24, 2.45) is 11.3 Å². The Balaban J connectivity index is 1.37. The molecule has 1 saturated carbocycles. The van der Waals surface area contributed by atoms with Crippen LogP contribution in [0.25, 0.3) is 0 Å². The van der Waals surface area contributed by atoms with Gasteiger partial charge in [0.1, 0.15) is 5.41 Å². The lowest BCUT2D eigenvalue weighted by atomic mass is 9.99. The Hall–Kier alpha value is -2.82. The smallest absolute Gasteiger partial charge is 0.240 e. The minimum absolute atomic E-state index is 0.222. The lowest BCUT2D eigenvalue weighted by Crippen LogP contribution is -2.35. The van der Waals surface area contributed by atoms with Gasteiger partial charge in [0.25, 0.3) is 0 Å². The first kappa shape index (κ1) is 18.5. The normalized spacial score (nSPS) is 18.4. The topological polar surface area (TPSA) is 61.4 Å². The van der Waals surface area contributed by atoms with E-state index >= 15 is 0 Å². The molecule has 2 amide bonds. The third kappa shape index (κ3) is 3.88. The van der Waals surface area contributed by atoms with Gasteiger partial charge in [0.05, 0.1) is 0 Å². The van der Waals surface area contributed by atoms with Crippen molar-refractivity contribution < 1.29 is 9.59 Å². The number of piperidine rings is 1. The number of carbonyl (C=O) groups is 2. The number of nitrogens with zero attached hydrogens (tertiary/aromatic N) is 1. The Morgan fingerprint density at radius 3 is 1.93 bits per heavy atom. The van der Waals surface area contributed by atoms with Crippen LogP contribution in [0, 0.1) is 11.3 Å². The number of rotatable bonds is 5. The highest BCUT2D eigenvalue weighted by Crippen LogP contribution is 2.47. The summed E-state index contributed by atoms with van der Waals surface area (Å²) >= 11 is 0. The molecule has 1 aliphatic carbocycles. The summed E-state index contributed by atoms with van der Waals surface area (Å²) < 4.78 is 0. The van der Waals surface area contributed by atoms with Crippen molar-refractivity contribution in [2.45, 2.75) is 32.6 Å². The molecule has 2 aromatic rings. The van der Waals surface area contributed by atoms with Crippen LogP contribution in [-0.2, 0) is 9.59 Å². The average molecular weight is 377 g/mol. The van der Waals surface area contributed by atoms with Gasteiger partial charge in [-0.25, -0.2) is 0 Å². The highest BCUT2D eigenvalue weighted by atomic mass is 16.2. The van der Waals surface area contributed by atoms with Crippen LogP contribution in [0.1, 0.15) is 32.6 Å². The van der Waals surface area contributed by atoms with Gasteiger partial charge in [0.2, 0.25) is 11.8 Å². The van der Waals surface area contributed by atoms with Crippen molar-refractivity contribution in [3.63, 3.8) is 0 Å². The molecule has 0 aromatic heterocycles. The van der Waals surface area contributed by atoms with Crippen LogP contribution in [0.5, 0.6) is 0 Å². The van der Waals surface area contributed by atoms with Crippen molar-refractivity contribution in [2.75, 3.05) is 28.6 Å². The highest BCUT2D eigenvalue weighted by Gasteiger charge is 2.56. The molecule has 146 valence electrons. The summed E-state index contributed by atoms with van der Waals surface area (Å²) in [5.74, 6) is 0.349. The third-order valence-electron chi connectivity index (χ3n) is 5.92. The molecule has 4 rings (SSSR count). The Morgan fingerprint density at radius 2 is 1.39 bits per heavy atom. The first-order valence-corrected chi connectivity index (χ1v) is 10.1. The standard InChI is InChI=1S/C23H27N3O2/c1-17-11-15-26(16-12-17)20-9-7-19(8-10-20)25-22(28)23(13-14-23)21(27)24-18-5-3-2-4-6-18/h2-10,17H,11-16H2,1H3,(H,24,27)(H,25,28). The summed E-state index contributed by atoms with van der Waals surface area (Å²) in [5.41, 5.74) is 1.69. The molecule has 0 atom stereocenters. The van der Waals surface area contributed by atoms with Gasteiger partial charge in [-0.1, -0.05) is 25.1 Å². The van der Waals surface area contributed by atoms with Gasteiger partial charge >= 0.3 is 0 Å². The average Bonchev–Trinajstić information content (AvgIpc) is 3.52. The second-order valence-electron chi connectivity index (χ2n) is 8.07. The van der Waals surface area contributed by atoms with Crippen molar-refractivity contribution in [1.29, 1.82) is 0 Å². The Kier molecular flexibility index (Phi) is 5.07. The second kappa shape index (κ2) is 7.66. The molecule has 2 aromatic carbocycles. The van der Waals surface area contributed by atoms with Crippen LogP contribution in [0.4, 0.5) is 17.1 Å². The summed E-state index contributed by atoms with van der Waals surface area (Å²) in [6.07, 6.45) is 3.61. The van der Waals surface area contributed by atoms with E-state index in [9.17, 15) is 9.59 Å². The maximum atomic E-state index is 12.8. The van der Waals surface area contributed by atoms with Gasteiger partial charge in [-0.15, -0.1) is 0 Å². The summed E-state index contributed by atoms with van der Waals surface area (Å²) in [4.78, 5) is 27.8. The van der Waals surface area contributed by atoms with Gasteiger partial charge in [-0.05, 0) is 68.0 Å². The molecule has 2 fully saturated rings. The van der Waals surface area contributed by atoms with Crippen molar-refractivity contribution in [3.05, 3.63) is 54.6 Å². The minimum Gasteiger partial charge on any atom is -0.372 e. The van der Waals surface area contributed by atoms with Crippen molar-refractivity contribution in [1.82, 2.24) is 0 Å². The molecular formula is C23H27N3O2. The number of carbonyl (C=O) groups excluding carboxylic acids is 2. The van der Waals surface area contributed by atoms with Crippen molar-refractivity contribution in [3.8, 4) is 0 Å². The molecule has 0 unspecified atom stereocenters.